The summed E-state index contributed by atoms with van der Waals surface area (Å²) in [6.07, 6.45) is 1.37. The van der Waals surface area contributed by atoms with Gasteiger partial charge in [-0.05, 0) is 50.1 Å². The Balaban J connectivity index is 1.56. The number of fused-ring (bicyclic) bond motifs is 7. The molecule has 2 aromatic carbocycles. The van der Waals surface area contributed by atoms with Gasteiger partial charge in [-0.3, -0.25) is 29.4 Å². The van der Waals surface area contributed by atoms with Crippen molar-refractivity contribution in [1.82, 2.24) is 4.90 Å². The molecule has 1 spiro atoms. The molecule has 3 saturated heterocycles. The molecule has 0 radical (unpaired) electrons. The van der Waals surface area contributed by atoms with E-state index < -0.39 is 45.8 Å². The highest BCUT2D eigenvalue weighted by Crippen LogP contribution is 2.60. The predicted octanol–water partition coefficient (Wildman–Crippen LogP) is 2.47. The lowest BCUT2D eigenvalue weighted by Gasteiger charge is -2.36. The first kappa shape index (κ1) is 20.0. The van der Waals surface area contributed by atoms with Crippen LogP contribution in [0.5, 0.6) is 0 Å². The molecule has 6 rings (SSSR count). The number of hydrogen-bond acceptors (Lipinski definition) is 6. The Kier molecular flexibility index (Phi) is 3.90. The van der Waals surface area contributed by atoms with E-state index in [1.54, 1.807) is 6.92 Å². The summed E-state index contributed by atoms with van der Waals surface area (Å²) in [5, 5.41) is 14.1. The molecular formula is C23H19FN4O5. The minimum absolute atomic E-state index is 0.145. The second-order valence-electron chi connectivity index (χ2n) is 9.06. The van der Waals surface area contributed by atoms with Crippen LogP contribution in [0.4, 0.5) is 21.5 Å². The van der Waals surface area contributed by atoms with Gasteiger partial charge < -0.3 is 5.32 Å². The van der Waals surface area contributed by atoms with E-state index in [1.165, 1.54) is 36.4 Å². The molecule has 4 atom stereocenters. The topological polar surface area (TPSA) is 113 Å². The van der Waals surface area contributed by atoms with E-state index in [2.05, 4.69) is 5.32 Å². The first-order valence-corrected chi connectivity index (χ1v) is 10.8. The van der Waals surface area contributed by atoms with Gasteiger partial charge in [-0.15, -0.1) is 0 Å². The fourth-order valence-corrected chi connectivity index (χ4v) is 6.36. The van der Waals surface area contributed by atoms with E-state index in [4.69, 9.17) is 0 Å². The van der Waals surface area contributed by atoms with Crippen LogP contribution in [-0.2, 0) is 19.9 Å². The van der Waals surface area contributed by atoms with Crippen LogP contribution in [0.3, 0.4) is 0 Å². The number of nitro benzene ring substituents is 1. The largest absolute Gasteiger partial charge is 0.324 e. The number of non-ortho nitro benzene ring substituents is 1. The summed E-state index contributed by atoms with van der Waals surface area (Å²) in [6.45, 7) is 2.18. The Hall–Kier alpha value is -3.66. The molecule has 33 heavy (non-hydrogen) atoms. The molecule has 4 heterocycles. The average molecular weight is 450 g/mol. The van der Waals surface area contributed by atoms with Crippen molar-refractivity contribution in [2.75, 3.05) is 16.8 Å². The molecule has 9 nitrogen and oxygen atoms in total. The van der Waals surface area contributed by atoms with E-state index in [0.29, 0.717) is 29.8 Å². The zero-order chi connectivity index (χ0) is 23.2. The molecule has 0 saturated carbocycles. The lowest BCUT2D eigenvalue weighted by Crippen LogP contribution is -2.54. The molecule has 2 aromatic rings. The molecule has 0 bridgehead atoms. The van der Waals surface area contributed by atoms with E-state index >= 15 is 0 Å². The number of nitrogens with one attached hydrogen (secondary N) is 1. The van der Waals surface area contributed by atoms with Crippen LogP contribution in [0.15, 0.2) is 36.4 Å². The van der Waals surface area contributed by atoms with E-state index in [9.17, 15) is 28.9 Å². The normalized spacial score (nSPS) is 30.1. The van der Waals surface area contributed by atoms with Gasteiger partial charge in [0, 0.05) is 29.4 Å². The number of anilines is 2. The molecule has 3 amide bonds. The fraction of sp³-hybridized carbons (Fsp3) is 0.348. The van der Waals surface area contributed by atoms with E-state index in [0.717, 1.165) is 11.3 Å². The third-order valence-electron chi connectivity index (χ3n) is 7.60. The van der Waals surface area contributed by atoms with Crippen molar-refractivity contribution >= 4 is 34.8 Å². The maximum Gasteiger partial charge on any atom is 0.271 e. The highest BCUT2D eigenvalue weighted by Gasteiger charge is 2.74. The second kappa shape index (κ2) is 6.44. The molecular weight excluding hydrogens is 431 g/mol. The Morgan fingerprint density at radius 3 is 2.70 bits per heavy atom. The van der Waals surface area contributed by atoms with E-state index in [-0.39, 0.29) is 17.4 Å². The molecule has 0 aromatic heterocycles. The number of carbonyl (C=O) groups excluding carboxylic acids is 3. The summed E-state index contributed by atoms with van der Waals surface area (Å²) in [6, 6.07) is 7.65. The van der Waals surface area contributed by atoms with Crippen LogP contribution >= 0.6 is 0 Å². The van der Waals surface area contributed by atoms with Crippen molar-refractivity contribution in [3.8, 4) is 0 Å². The minimum atomic E-state index is -1.49. The number of benzene rings is 2. The molecule has 4 aliphatic rings. The number of imide groups is 1. The SMILES string of the molecule is Cc1ccc([N+](=O)[O-])cc1N1C(=O)[C@@H]2[C@H]3CCCN3[C@@]3(C(=O)Nc4ccc(F)cc43)[C@@H]2C1=O. The zero-order valence-corrected chi connectivity index (χ0v) is 17.6. The Morgan fingerprint density at radius 2 is 1.94 bits per heavy atom. The van der Waals surface area contributed by atoms with Crippen LogP contribution in [0.2, 0.25) is 0 Å². The Morgan fingerprint density at radius 1 is 1.15 bits per heavy atom. The van der Waals surface area contributed by atoms with Gasteiger partial charge in [-0.25, -0.2) is 9.29 Å². The zero-order valence-electron chi connectivity index (χ0n) is 17.6. The van der Waals surface area contributed by atoms with Crippen molar-refractivity contribution in [2.24, 2.45) is 11.8 Å². The maximum atomic E-state index is 14.3. The molecule has 1 N–H and O–H groups in total. The molecule has 4 aliphatic heterocycles. The molecule has 3 fully saturated rings. The number of amides is 3. The molecule has 0 unspecified atom stereocenters. The van der Waals surface area contributed by atoms with Crippen LogP contribution in [-0.4, -0.2) is 40.1 Å². The predicted molar refractivity (Wildman–Crippen MR) is 114 cm³/mol. The molecule has 168 valence electrons. The molecule has 10 heteroatoms. The first-order valence-electron chi connectivity index (χ1n) is 10.8. The number of aryl methyl sites for hydroxylation is 1. The number of nitrogens with zero attached hydrogens (tertiary/aromatic N) is 3. The van der Waals surface area contributed by atoms with E-state index in [1.807, 2.05) is 4.90 Å². The minimum Gasteiger partial charge on any atom is -0.324 e. The number of halogens is 1. The van der Waals surface area contributed by atoms with Crippen LogP contribution in [0.1, 0.15) is 24.0 Å². The lowest BCUT2D eigenvalue weighted by molar-refractivity contribution is -0.384. The van der Waals surface area contributed by atoms with Gasteiger partial charge in [0.25, 0.3) is 5.69 Å². The summed E-state index contributed by atoms with van der Waals surface area (Å²) >= 11 is 0. The monoisotopic (exact) mass is 450 g/mol. The number of rotatable bonds is 2. The van der Waals surface area contributed by atoms with Gasteiger partial charge in [0.1, 0.15) is 11.4 Å². The number of nitro groups is 1. The van der Waals surface area contributed by atoms with Crippen molar-refractivity contribution < 1.29 is 23.7 Å². The lowest BCUT2D eigenvalue weighted by atomic mass is 9.75. The maximum absolute atomic E-state index is 14.3. The van der Waals surface area contributed by atoms with Gasteiger partial charge in [0.05, 0.1) is 22.4 Å². The van der Waals surface area contributed by atoms with Gasteiger partial charge in [-0.2, -0.15) is 0 Å². The number of carbonyl (C=O) groups is 3. The summed E-state index contributed by atoms with van der Waals surface area (Å²) < 4.78 is 14.3. The Bertz CT molecular complexity index is 1300. The van der Waals surface area contributed by atoms with Crippen molar-refractivity contribution in [1.29, 1.82) is 0 Å². The Labute approximate surface area is 187 Å². The highest BCUT2D eigenvalue weighted by atomic mass is 19.1. The fourth-order valence-electron chi connectivity index (χ4n) is 6.36. The quantitative estimate of drug-likeness (QED) is 0.427. The summed E-state index contributed by atoms with van der Waals surface area (Å²) in [5.74, 6) is -3.88. The van der Waals surface area contributed by atoms with Crippen molar-refractivity contribution in [3.63, 3.8) is 0 Å². The number of hydrogen-bond donors (Lipinski definition) is 1. The summed E-state index contributed by atoms with van der Waals surface area (Å²) in [4.78, 5) is 54.8. The highest BCUT2D eigenvalue weighted by molar-refractivity contribution is 6.26. The average Bonchev–Trinajstić information content (AvgIpc) is 3.47. The van der Waals surface area contributed by atoms with Gasteiger partial charge in [0.15, 0.2) is 0 Å². The second-order valence-corrected chi connectivity index (χ2v) is 9.06. The smallest absolute Gasteiger partial charge is 0.271 e. The van der Waals surface area contributed by atoms with Gasteiger partial charge in [0.2, 0.25) is 17.7 Å². The standard InChI is InChI=1S/C23H19FN4O5/c1-11-4-6-13(28(32)33)10-17(11)27-20(29)18-16-3-2-8-26(16)23(19(18)21(27)30)14-9-12(24)5-7-15(14)25-22(23)31/h4-7,9-10,16,18-19H,2-3,8H2,1H3,(H,25,31)/t16-,18-,19+,23-/m1/s1. The first-order chi connectivity index (χ1) is 15.8. The molecule has 0 aliphatic carbocycles. The van der Waals surface area contributed by atoms with Crippen molar-refractivity contribution in [3.05, 3.63) is 63.5 Å². The van der Waals surface area contributed by atoms with Crippen LogP contribution in [0.25, 0.3) is 0 Å². The third kappa shape index (κ3) is 2.31. The van der Waals surface area contributed by atoms with Crippen LogP contribution in [0, 0.1) is 34.7 Å². The summed E-state index contributed by atoms with van der Waals surface area (Å²) in [5.41, 5.74) is -0.257. The van der Waals surface area contributed by atoms with Crippen LogP contribution < -0.4 is 10.2 Å². The van der Waals surface area contributed by atoms with Gasteiger partial charge in [-0.1, -0.05) is 6.07 Å². The third-order valence-corrected chi connectivity index (χ3v) is 7.60. The van der Waals surface area contributed by atoms with Gasteiger partial charge >= 0.3 is 0 Å². The summed E-state index contributed by atoms with van der Waals surface area (Å²) in [7, 11) is 0. The van der Waals surface area contributed by atoms with Crippen molar-refractivity contribution in [2.45, 2.75) is 31.3 Å².